The van der Waals surface area contributed by atoms with Crippen molar-refractivity contribution in [2.75, 3.05) is 7.05 Å². The van der Waals surface area contributed by atoms with Gasteiger partial charge in [0, 0.05) is 23.5 Å². The van der Waals surface area contributed by atoms with Crippen LogP contribution in [0.1, 0.15) is 19.4 Å². The predicted octanol–water partition coefficient (Wildman–Crippen LogP) is 4.60. The Morgan fingerprint density at radius 3 is 2.14 bits per heavy atom. The zero-order valence-electron chi connectivity index (χ0n) is 19.4. The van der Waals surface area contributed by atoms with E-state index in [1.165, 1.54) is 25.2 Å². The van der Waals surface area contributed by atoms with Crippen LogP contribution < -0.4 is 5.32 Å². The molecule has 3 rings (SSSR count). The molecule has 0 radical (unpaired) electrons. The number of carboxylic acids is 1. The number of hydrogen-bond donors (Lipinski definition) is 2. The third-order valence-corrected chi connectivity index (χ3v) is 7.93. The van der Waals surface area contributed by atoms with Crippen molar-refractivity contribution in [3.63, 3.8) is 0 Å². The predicted molar refractivity (Wildman–Crippen MR) is 137 cm³/mol. The van der Waals surface area contributed by atoms with Crippen LogP contribution in [0, 0.1) is 5.92 Å². The molecule has 0 aliphatic rings. The number of sulfonamides is 1. The molecular formula is C25H26Cl2N2O5S. The Morgan fingerprint density at radius 1 is 0.971 bits per heavy atom. The number of amides is 1. The van der Waals surface area contributed by atoms with Gasteiger partial charge < -0.3 is 10.4 Å². The molecule has 0 bridgehead atoms. The van der Waals surface area contributed by atoms with Crippen molar-refractivity contribution < 1.29 is 23.1 Å². The minimum absolute atomic E-state index is 0.0388. The number of benzene rings is 3. The van der Waals surface area contributed by atoms with Crippen LogP contribution >= 0.6 is 23.2 Å². The van der Waals surface area contributed by atoms with Crippen LogP contribution in [0.5, 0.6) is 0 Å². The molecule has 35 heavy (non-hydrogen) atoms. The van der Waals surface area contributed by atoms with Crippen molar-refractivity contribution in [2.24, 2.45) is 5.92 Å². The summed E-state index contributed by atoms with van der Waals surface area (Å²) in [5, 5.41) is 14.5. The van der Waals surface area contributed by atoms with Crippen LogP contribution in [0.25, 0.3) is 10.8 Å². The van der Waals surface area contributed by atoms with Crippen molar-refractivity contribution in [1.82, 2.24) is 9.62 Å². The van der Waals surface area contributed by atoms with Gasteiger partial charge in [-0.25, -0.2) is 13.2 Å². The standard InChI is InChI=1S/C25H26Cl2N2O5S/c1-15(2)23(29(3)35(33,34)21-13-19(26)12-20(27)14-21)24(30)28-22(25(31)32)11-16-8-9-17-6-4-5-7-18(17)10-16/h4-10,12-15,22-23H,11H2,1-3H3,(H,28,30)(H,31,32). The molecule has 3 aromatic rings. The molecule has 0 aromatic heterocycles. The van der Waals surface area contributed by atoms with Gasteiger partial charge in [-0.1, -0.05) is 79.5 Å². The zero-order valence-corrected chi connectivity index (χ0v) is 21.7. The summed E-state index contributed by atoms with van der Waals surface area (Å²) in [6, 6.07) is 14.7. The molecule has 0 aliphatic carbocycles. The monoisotopic (exact) mass is 536 g/mol. The number of hydrogen-bond acceptors (Lipinski definition) is 4. The number of carbonyl (C=O) groups excluding carboxylic acids is 1. The number of aliphatic carboxylic acids is 1. The molecule has 186 valence electrons. The minimum Gasteiger partial charge on any atom is -0.480 e. The zero-order chi connectivity index (χ0) is 25.9. The maximum absolute atomic E-state index is 13.2. The average molecular weight is 537 g/mol. The molecular weight excluding hydrogens is 511 g/mol. The smallest absolute Gasteiger partial charge is 0.326 e. The Bertz CT molecular complexity index is 1340. The molecule has 0 aliphatic heterocycles. The fourth-order valence-electron chi connectivity index (χ4n) is 3.94. The third-order valence-electron chi connectivity index (χ3n) is 5.67. The lowest BCUT2D eigenvalue weighted by atomic mass is 10.00. The molecule has 2 atom stereocenters. The molecule has 2 N–H and O–H groups in total. The maximum Gasteiger partial charge on any atom is 0.326 e. The summed E-state index contributed by atoms with van der Waals surface area (Å²) >= 11 is 11.9. The second-order valence-electron chi connectivity index (χ2n) is 8.60. The quantitative estimate of drug-likeness (QED) is 0.415. The number of nitrogens with zero attached hydrogens (tertiary/aromatic N) is 1. The second-order valence-corrected chi connectivity index (χ2v) is 11.5. The van der Waals surface area contributed by atoms with E-state index in [2.05, 4.69) is 5.32 Å². The van der Waals surface area contributed by atoms with Gasteiger partial charge in [0.1, 0.15) is 12.1 Å². The van der Waals surface area contributed by atoms with Gasteiger partial charge in [-0.2, -0.15) is 4.31 Å². The maximum atomic E-state index is 13.2. The van der Waals surface area contributed by atoms with Crippen molar-refractivity contribution in [3.8, 4) is 0 Å². The first kappa shape index (κ1) is 26.9. The fraction of sp³-hybridized carbons (Fsp3) is 0.280. The molecule has 0 heterocycles. The van der Waals surface area contributed by atoms with E-state index in [0.717, 1.165) is 20.6 Å². The van der Waals surface area contributed by atoms with E-state index in [4.69, 9.17) is 23.2 Å². The topological polar surface area (TPSA) is 104 Å². The van der Waals surface area contributed by atoms with Crippen molar-refractivity contribution in [1.29, 1.82) is 0 Å². The summed E-state index contributed by atoms with van der Waals surface area (Å²) in [6.07, 6.45) is 0.0388. The minimum atomic E-state index is -4.16. The van der Waals surface area contributed by atoms with Crippen molar-refractivity contribution in [3.05, 3.63) is 76.3 Å². The van der Waals surface area contributed by atoms with Gasteiger partial charge in [-0.05, 0) is 40.5 Å². The highest BCUT2D eigenvalue weighted by Crippen LogP contribution is 2.27. The van der Waals surface area contributed by atoms with Gasteiger partial charge in [0.2, 0.25) is 15.9 Å². The number of fused-ring (bicyclic) bond motifs is 1. The molecule has 0 spiro atoms. The summed E-state index contributed by atoms with van der Waals surface area (Å²) in [5.41, 5.74) is 0.729. The number of carboxylic acid groups (broad SMARTS) is 1. The number of nitrogens with one attached hydrogen (secondary N) is 1. The largest absolute Gasteiger partial charge is 0.480 e. The van der Waals surface area contributed by atoms with Crippen LogP contribution in [0.3, 0.4) is 0 Å². The van der Waals surface area contributed by atoms with E-state index in [1.54, 1.807) is 13.8 Å². The summed E-state index contributed by atoms with van der Waals surface area (Å²) in [7, 11) is -2.88. The lowest BCUT2D eigenvalue weighted by Gasteiger charge is -2.30. The van der Waals surface area contributed by atoms with Crippen LogP contribution in [0.15, 0.2) is 65.6 Å². The molecule has 7 nitrogen and oxygen atoms in total. The van der Waals surface area contributed by atoms with Gasteiger partial charge in [0.15, 0.2) is 0 Å². The van der Waals surface area contributed by atoms with Crippen LogP contribution in [-0.4, -0.2) is 48.8 Å². The number of carbonyl (C=O) groups is 2. The SMILES string of the molecule is CC(C)C(C(=O)NC(Cc1ccc2ccccc2c1)C(=O)O)N(C)S(=O)(=O)c1cc(Cl)cc(Cl)c1. The summed E-state index contributed by atoms with van der Waals surface area (Å²) in [4.78, 5) is 25.0. The molecule has 0 fully saturated rings. The van der Waals surface area contributed by atoms with Gasteiger partial charge >= 0.3 is 5.97 Å². The Hall–Kier alpha value is -2.65. The third kappa shape index (κ3) is 6.32. The van der Waals surface area contributed by atoms with Gasteiger partial charge in [0.25, 0.3) is 0 Å². The summed E-state index contributed by atoms with van der Waals surface area (Å²) < 4.78 is 27.4. The van der Waals surface area contributed by atoms with Crippen LogP contribution in [-0.2, 0) is 26.0 Å². The van der Waals surface area contributed by atoms with Gasteiger partial charge in [-0.3, -0.25) is 4.79 Å². The van der Waals surface area contributed by atoms with E-state index < -0.39 is 39.9 Å². The Balaban J connectivity index is 1.85. The molecule has 0 saturated heterocycles. The highest BCUT2D eigenvalue weighted by molar-refractivity contribution is 7.89. The first-order valence-corrected chi connectivity index (χ1v) is 13.0. The van der Waals surface area contributed by atoms with Crippen LogP contribution in [0.2, 0.25) is 10.0 Å². The number of halogens is 2. The average Bonchev–Trinajstić information content (AvgIpc) is 2.77. The van der Waals surface area contributed by atoms with E-state index in [0.29, 0.717) is 0 Å². The van der Waals surface area contributed by atoms with E-state index in [-0.39, 0.29) is 21.4 Å². The van der Waals surface area contributed by atoms with Gasteiger partial charge in [0.05, 0.1) is 4.90 Å². The first-order chi connectivity index (χ1) is 16.4. The first-order valence-electron chi connectivity index (χ1n) is 10.8. The molecule has 1 amide bonds. The highest BCUT2D eigenvalue weighted by atomic mass is 35.5. The number of rotatable bonds is 9. The van der Waals surface area contributed by atoms with Gasteiger partial charge in [-0.15, -0.1) is 0 Å². The Morgan fingerprint density at radius 2 is 1.57 bits per heavy atom. The lowest BCUT2D eigenvalue weighted by molar-refractivity contribution is -0.142. The van der Waals surface area contributed by atoms with Crippen LogP contribution in [0.4, 0.5) is 0 Å². The molecule has 3 aromatic carbocycles. The molecule has 2 unspecified atom stereocenters. The Labute approximate surface area is 214 Å². The number of likely N-dealkylation sites (N-methyl/N-ethyl adjacent to an activating group) is 1. The fourth-order valence-corrected chi connectivity index (χ4v) is 6.12. The van der Waals surface area contributed by atoms with E-state index in [9.17, 15) is 23.1 Å². The summed E-state index contributed by atoms with van der Waals surface area (Å²) in [6.45, 7) is 3.36. The highest BCUT2D eigenvalue weighted by Gasteiger charge is 2.37. The normalized spacial score (nSPS) is 13.7. The van der Waals surface area contributed by atoms with Crippen molar-refractivity contribution in [2.45, 2.75) is 37.2 Å². The van der Waals surface area contributed by atoms with E-state index in [1.807, 2.05) is 42.5 Å². The Kier molecular flexibility index (Phi) is 8.43. The molecule has 0 saturated carbocycles. The van der Waals surface area contributed by atoms with Crippen molar-refractivity contribution >= 4 is 55.9 Å². The second kappa shape index (κ2) is 11.0. The molecule has 10 heteroatoms. The summed E-state index contributed by atoms with van der Waals surface area (Å²) in [5.74, 6) is -2.40. The van der Waals surface area contributed by atoms with E-state index >= 15 is 0 Å². The lowest BCUT2D eigenvalue weighted by Crippen LogP contribution is -2.54.